The quantitative estimate of drug-likeness (QED) is 0.543. The highest BCUT2D eigenvalue weighted by atomic mass is 32.1. The number of nitrogens with one attached hydrogen (secondary N) is 2. The van der Waals surface area contributed by atoms with Crippen LogP contribution in [0.3, 0.4) is 0 Å². The lowest BCUT2D eigenvalue weighted by Gasteiger charge is -2.21. The lowest BCUT2D eigenvalue weighted by molar-refractivity contribution is -0.150. The predicted molar refractivity (Wildman–Crippen MR) is 105 cm³/mol. The van der Waals surface area contributed by atoms with E-state index >= 15 is 0 Å². The summed E-state index contributed by atoms with van der Waals surface area (Å²) in [7, 11) is 0. The molecule has 4 N–H and O–H groups in total. The van der Waals surface area contributed by atoms with Gasteiger partial charge in [0.15, 0.2) is 6.61 Å². The van der Waals surface area contributed by atoms with E-state index in [1.807, 2.05) is 0 Å². The first-order valence-corrected chi connectivity index (χ1v) is 9.58. The second-order valence-corrected chi connectivity index (χ2v) is 7.39. The average Bonchev–Trinajstić information content (AvgIpc) is 3.12. The minimum absolute atomic E-state index is 0.110. The molecule has 1 atom stereocenters. The fourth-order valence-corrected chi connectivity index (χ4v) is 3.22. The van der Waals surface area contributed by atoms with Gasteiger partial charge in [-0.15, -0.1) is 11.3 Å². The molecule has 0 spiro atoms. The van der Waals surface area contributed by atoms with Crippen LogP contribution in [0.1, 0.15) is 34.6 Å². The molecule has 0 aliphatic rings. The first-order valence-electron chi connectivity index (χ1n) is 8.70. The van der Waals surface area contributed by atoms with Crippen molar-refractivity contribution in [3.05, 3.63) is 52.4 Å². The van der Waals surface area contributed by atoms with Crippen molar-refractivity contribution in [1.82, 2.24) is 5.32 Å². The highest BCUT2D eigenvalue weighted by Gasteiger charge is 2.29. The molecule has 0 aliphatic heterocycles. The third-order valence-electron chi connectivity index (χ3n) is 3.93. The fourth-order valence-electron chi connectivity index (χ4n) is 2.42. The number of carbonyl (C=O) groups is 4. The van der Waals surface area contributed by atoms with Gasteiger partial charge in [-0.25, -0.2) is 13.6 Å². The summed E-state index contributed by atoms with van der Waals surface area (Å²) >= 11 is 1.06. The molecule has 0 aliphatic carbocycles. The van der Waals surface area contributed by atoms with Crippen LogP contribution in [-0.2, 0) is 14.3 Å². The van der Waals surface area contributed by atoms with E-state index in [0.717, 1.165) is 29.5 Å². The van der Waals surface area contributed by atoms with Crippen molar-refractivity contribution >= 4 is 40.0 Å². The number of halogens is 2. The largest absolute Gasteiger partial charge is 0.454 e. The molecule has 1 heterocycles. The van der Waals surface area contributed by atoms with Gasteiger partial charge in [0.1, 0.15) is 28.2 Å². The number of anilines is 1. The van der Waals surface area contributed by atoms with Crippen molar-refractivity contribution in [2.75, 3.05) is 11.9 Å². The van der Waals surface area contributed by atoms with Gasteiger partial charge in [0, 0.05) is 0 Å². The number of ether oxygens (including phenoxy) is 1. The number of esters is 1. The molecule has 30 heavy (non-hydrogen) atoms. The van der Waals surface area contributed by atoms with Gasteiger partial charge in [0.05, 0.1) is 5.56 Å². The summed E-state index contributed by atoms with van der Waals surface area (Å²) in [5, 5.41) is 6.37. The topological polar surface area (TPSA) is 128 Å². The van der Waals surface area contributed by atoms with E-state index in [9.17, 15) is 28.0 Å². The molecule has 0 unspecified atom stereocenters. The van der Waals surface area contributed by atoms with Gasteiger partial charge in [0.25, 0.3) is 17.7 Å². The van der Waals surface area contributed by atoms with Crippen LogP contribution in [0.2, 0.25) is 0 Å². The maximum atomic E-state index is 13.8. The Morgan fingerprint density at radius 2 is 1.77 bits per heavy atom. The van der Waals surface area contributed by atoms with Crippen molar-refractivity contribution in [1.29, 1.82) is 0 Å². The molecule has 8 nitrogen and oxygen atoms in total. The van der Waals surface area contributed by atoms with Crippen LogP contribution in [0.4, 0.5) is 13.8 Å². The van der Waals surface area contributed by atoms with E-state index in [4.69, 9.17) is 10.5 Å². The Morgan fingerprint density at radius 3 is 2.33 bits per heavy atom. The number of benzene rings is 1. The first kappa shape index (κ1) is 22.9. The second-order valence-electron chi connectivity index (χ2n) is 6.48. The van der Waals surface area contributed by atoms with Crippen molar-refractivity contribution in [3.63, 3.8) is 0 Å². The molecule has 0 radical (unpaired) electrons. The summed E-state index contributed by atoms with van der Waals surface area (Å²) in [5.74, 6) is -6.22. The summed E-state index contributed by atoms with van der Waals surface area (Å²) in [4.78, 5) is 47.8. The summed E-state index contributed by atoms with van der Waals surface area (Å²) in [6.45, 7) is 2.45. The zero-order valence-electron chi connectivity index (χ0n) is 16.0. The van der Waals surface area contributed by atoms with Gasteiger partial charge in [-0.05, 0) is 29.5 Å². The van der Waals surface area contributed by atoms with Gasteiger partial charge in [-0.3, -0.25) is 14.4 Å². The number of hydrogen-bond donors (Lipinski definition) is 3. The maximum absolute atomic E-state index is 13.8. The number of hydrogen-bond acceptors (Lipinski definition) is 6. The molecule has 160 valence electrons. The third-order valence-corrected chi connectivity index (χ3v) is 4.76. The molecule has 0 bridgehead atoms. The number of carbonyl (C=O) groups excluding carboxylic acids is 4. The van der Waals surface area contributed by atoms with E-state index in [-0.39, 0.29) is 10.6 Å². The van der Waals surface area contributed by atoms with Crippen molar-refractivity contribution in [2.45, 2.75) is 19.9 Å². The zero-order valence-corrected chi connectivity index (χ0v) is 16.8. The standard InChI is InChI=1S/C19H19F2N3O5S/c1-9(2)15(24-17(27)14-11(20)4-3-5-12(14)21)19(28)29-8-13(25)23-18-10(16(22)26)6-7-30-18/h3-7,9,15H,8H2,1-2H3,(H2,22,26)(H,23,25)(H,24,27)/t15-/m1/s1. The molecule has 0 saturated carbocycles. The summed E-state index contributed by atoms with van der Waals surface area (Å²) < 4.78 is 32.5. The Bertz CT molecular complexity index is 957. The molecular weight excluding hydrogens is 420 g/mol. The number of rotatable bonds is 8. The molecule has 2 aromatic rings. The molecule has 11 heteroatoms. The number of nitrogens with two attached hydrogens (primary N) is 1. The van der Waals surface area contributed by atoms with E-state index in [2.05, 4.69) is 10.6 Å². The van der Waals surface area contributed by atoms with Crippen LogP contribution < -0.4 is 16.4 Å². The van der Waals surface area contributed by atoms with E-state index < -0.39 is 59.5 Å². The van der Waals surface area contributed by atoms with Crippen molar-refractivity contribution < 1.29 is 32.7 Å². The lowest BCUT2D eigenvalue weighted by atomic mass is 10.0. The van der Waals surface area contributed by atoms with Crippen LogP contribution >= 0.6 is 11.3 Å². The van der Waals surface area contributed by atoms with E-state index in [0.29, 0.717) is 0 Å². The molecule has 0 saturated heterocycles. The molecule has 1 aromatic heterocycles. The first-order chi connectivity index (χ1) is 14.1. The second kappa shape index (κ2) is 9.92. The lowest BCUT2D eigenvalue weighted by Crippen LogP contribution is -2.46. The van der Waals surface area contributed by atoms with Gasteiger partial charge in [-0.2, -0.15) is 0 Å². The van der Waals surface area contributed by atoms with Crippen LogP contribution in [0.5, 0.6) is 0 Å². The Balaban J connectivity index is 2.00. The molecule has 3 amide bonds. The molecule has 1 aromatic carbocycles. The van der Waals surface area contributed by atoms with E-state index in [1.54, 1.807) is 19.2 Å². The predicted octanol–water partition coefficient (Wildman–Crippen LogP) is 2.06. The smallest absolute Gasteiger partial charge is 0.329 e. The summed E-state index contributed by atoms with van der Waals surface area (Å²) in [6, 6.07) is 3.10. The highest BCUT2D eigenvalue weighted by Crippen LogP contribution is 2.22. The summed E-state index contributed by atoms with van der Waals surface area (Å²) in [5.41, 5.74) is 4.46. The number of primary amides is 1. The Labute approximate surface area is 174 Å². The van der Waals surface area contributed by atoms with Crippen LogP contribution in [0.15, 0.2) is 29.6 Å². The minimum Gasteiger partial charge on any atom is -0.454 e. The van der Waals surface area contributed by atoms with Crippen LogP contribution in [0.25, 0.3) is 0 Å². The average molecular weight is 439 g/mol. The maximum Gasteiger partial charge on any atom is 0.329 e. The van der Waals surface area contributed by atoms with Crippen LogP contribution in [0, 0.1) is 17.6 Å². The van der Waals surface area contributed by atoms with Gasteiger partial charge >= 0.3 is 5.97 Å². The van der Waals surface area contributed by atoms with Crippen molar-refractivity contribution in [2.24, 2.45) is 11.7 Å². The molecular formula is C19H19F2N3O5S. The Kier molecular flexibility index (Phi) is 7.59. The van der Waals surface area contributed by atoms with E-state index in [1.165, 1.54) is 6.07 Å². The zero-order chi connectivity index (χ0) is 22.4. The SMILES string of the molecule is CC(C)[C@@H](NC(=O)c1c(F)cccc1F)C(=O)OCC(=O)Nc1sccc1C(N)=O. The van der Waals surface area contributed by atoms with Gasteiger partial charge in [0.2, 0.25) is 0 Å². The summed E-state index contributed by atoms with van der Waals surface area (Å²) in [6.07, 6.45) is 0. The molecule has 0 fully saturated rings. The van der Waals surface area contributed by atoms with Crippen LogP contribution in [-0.4, -0.2) is 36.3 Å². The normalized spacial score (nSPS) is 11.6. The number of thiophene rings is 1. The Morgan fingerprint density at radius 1 is 1.13 bits per heavy atom. The third kappa shape index (κ3) is 5.60. The Hall–Kier alpha value is -3.34. The fraction of sp³-hybridized carbons (Fsp3) is 0.263. The number of amides is 3. The van der Waals surface area contributed by atoms with Gasteiger partial charge in [-0.1, -0.05) is 19.9 Å². The van der Waals surface area contributed by atoms with Crippen molar-refractivity contribution in [3.8, 4) is 0 Å². The molecule has 2 rings (SSSR count). The highest BCUT2D eigenvalue weighted by molar-refractivity contribution is 7.14. The minimum atomic E-state index is -1.26. The van der Waals surface area contributed by atoms with Gasteiger partial charge < -0.3 is 21.1 Å². The monoisotopic (exact) mass is 439 g/mol.